The first-order valence-corrected chi connectivity index (χ1v) is 11.3. The van der Waals surface area contributed by atoms with E-state index in [1.54, 1.807) is 30.3 Å². The van der Waals surface area contributed by atoms with Crippen LogP contribution >= 0.6 is 23.4 Å². The van der Waals surface area contributed by atoms with Crippen LogP contribution in [0.2, 0.25) is 5.02 Å². The maximum Gasteiger partial charge on any atom is 0.230 e. The standard InChI is InChI=1S/C24H20ClFN4OS/c25-19-10-12-20(13-11-19)30-22(14-17-6-2-1-3-7-17)28-29-24(30)32-16-23(31)27-15-18-8-4-5-9-21(18)26/h1-13H,14-16H2,(H,27,31). The van der Waals surface area contributed by atoms with Crippen molar-refractivity contribution in [1.29, 1.82) is 0 Å². The molecule has 0 aliphatic heterocycles. The highest BCUT2D eigenvalue weighted by Crippen LogP contribution is 2.24. The third-order valence-electron chi connectivity index (χ3n) is 4.76. The van der Waals surface area contributed by atoms with Gasteiger partial charge in [0.1, 0.15) is 11.6 Å². The second-order valence-corrected chi connectivity index (χ2v) is 8.41. The average molecular weight is 467 g/mol. The lowest BCUT2D eigenvalue weighted by molar-refractivity contribution is -0.118. The van der Waals surface area contributed by atoms with E-state index >= 15 is 0 Å². The number of hydrogen-bond acceptors (Lipinski definition) is 4. The zero-order chi connectivity index (χ0) is 22.3. The second kappa shape index (κ2) is 10.4. The Balaban J connectivity index is 1.49. The number of hydrogen-bond donors (Lipinski definition) is 1. The van der Waals surface area contributed by atoms with Crippen molar-refractivity contribution in [2.24, 2.45) is 0 Å². The molecule has 0 saturated carbocycles. The number of nitrogens with zero attached hydrogens (tertiary/aromatic N) is 3. The summed E-state index contributed by atoms with van der Waals surface area (Å²) in [6.45, 7) is 0.134. The number of amides is 1. The number of carbonyl (C=O) groups is 1. The van der Waals surface area contributed by atoms with Gasteiger partial charge in [0.05, 0.1) is 5.75 Å². The summed E-state index contributed by atoms with van der Waals surface area (Å²) in [6.07, 6.45) is 0.594. The maximum absolute atomic E-state index is 13.8. The van der Waals surface area contributed by atoms with E-state index < -0.39 is 0 Å². The number of benzene rings is 3. The summed E-state index contributed by atoms with van der Waals surface area (Å²) in [4.78, 5) is 12.4. The van der Waals surface area contributed by atoms with Gasteiger partial charge in [-0.25, -0.2) is 4.39 Å². The molecule has 0 atom stereocenters. The predicted octanol–water partition coefficient (Wildman–Crippen LogP) is 5.06. The molecule has 1 N–H and O–H groups in total. The molecule has 0 aliphatic rings. The molecule has 1 amide bonds. The first kappa shape index (κ1) is 22.0. The van der Waals surface area contributed by atoms with Crippen molar-refractivity contribution in [3.8, 4) is 5.69 Å². The first-order valence-electron chi connectivity index (χ1n) is 9.97. The second-order valence-electron chi connectivity index (χ2n) is 7.03. The molecular weight excluding hydrogens is 447 g/mol. The molecule has 0 spiro atoms. The molecule has 3 aromatic carbocycles. The molecule has 1 heterocycles. The minimum absolute atomic E-state index is 0.130. The van der Waals surface area contributed by atoms with Crippen LogP contribution in [0.5, 0.6) is 0 Å². The quantitative estimate of drug-likeness (QED) is 0.369. The van der Waals surface area contributed by atoms with Crippen LogP contribution in [0.3, 0.4) is 0 Å². The van der Waals surface area contributed by atoms with Crippen molar-refractivity contribution in [1.82, 2.24) is 20.1 Å². The summed E-state index contributed by atoms with van der Waals surface area (Å²) < 4.78 is 15.7. The number of thioether (sulfide) groups is 1. The van der Waals surface area contributed by atoms with E-state index in [1.165, 1.54) is 17.8 Å². The number of rotatable bonds is 8. The zero-order valence-electron chi connectivity index (χ0n) is 17.0. The van der Waals surface area contributed by atoms with Gasteiger partial charge in [-0.05, 0) is 35.9 Å². The van der Waals surface area contributed by atoms with Crippen molar-refractivity contribution in [2.45, 2.75) is 18.1 Å². The van der Waals surface area contributed by atoms with Crippen molar-refractivity contribution in [2.75, 3.05) is 5.75 Å². The lowest BCUT2D eigenvalue weighted by atomic mass is 10.1. The fourth-order valence-electron chi connectivity index (χ4n) is 3.15. The van der Waals surface area contributed by atoms with Crippen LogP contribution in [-0.2, 0) is 17.8 Å². The summed E-state index contributed by atoms with van der Waals surface area (Å²) in [6, 6.07) is 23.8. The normalized spacial score (nSPS) is 10.8. The summed E-state index contributed by atoms with van der Waals surface area (Å²) in [5.74, 6) is 0.334. The van der Waals surface area contributed by atoms with Crippen LogP contribution in [-0.4, -0.2) is 26.4 Å². The molecule has 4 aromatic rings. The Morgan fingerprint density at radius 3 is 2.44 bits per heavy atom. The van der Waals surface area contributed by atoms with Gasteiger partial charge < -0.3 is 5.32 Å². The molecule has 32 heavy (non-hydrogen) atoms. The summed E-state index contributed by atoms with van der Waals surface area (Å²) in [5.41, 5.74) is 2.41. The number of nitrogens with one attached hydrogen (secondary N) is 1. The fourth-order valence-corrected chi connectivity index (χ4v) is 4.08. The third kappa shape index (κ3) is 5.55. The van der Waals surface area contributed by atoms with Gasteiger partial charge in [0.25, 0.3) is 0 Å². The van der Waals surface area contributed by atoms with Gasteiger partial charge in [0.15, 0.2) is 5.16 Å². The van der Waals surface area contributed by atoms with E-state index in [0.717, 1.165) is 17.1 Å². The molecule has 4 rings (SSSR count). The Labute approximate surface area is 194 Å². The highest BCUT2D eigenvalue weighted by molar-refractivity contribution is 7.99. The van der Waals surface area contributed by atoms with Crippen LogP contribution in [0, 0.1) is 5.82 Å². The van der Waals surface area contributed by atoms with E-state index in [9.17, 15) is 9.18 Å². The van der Waals surface area contributed by atoms with E-state index in [2.05, 4.69) is 15.5 Å². The number of carbonyl (C=O) groups excluding carboxylic acids is 1. The van der Waals surface area contributed by atoms with Crippen molar-refractivity contribution in [3.63, 3.8) is 0 Å². The largest absolute Gasteiger partial charge is 0.351 e. The highest BCUT2D eigenvalue weighted by Gasteiger charge is 2.16. The lowest BCUT2D eigenvalue weighted by Gasteiger charge is -2.11. The Morgan fingerprint density at radius 1 is 0.969 bits per heavy atom. The molecule has 0 radical (unpaired) electrons. The molecule has 8 heteroatoms. The molecule has 0 unspecified atom stereocenters. The molecular formula is C24H20ClFN4OS. The molecule has 5 nitrogen and oxygen atoms in total. The van der Waals surface area contributed by atoms with E-state index in [4.69, 9.17) is 11.6 Å². The molecule has 0 saturated heterocycles. The van der Waals surface area contributed by atoms with Gasteiger partial charge in [0.2, 0.25) is 5.91 Å². The van der Waals surface area contributed by atoms with Crippen LogP contribution in [0.4, 0.5) is 4.39 Å². The molecule has 0 aliphatic carbocycles. The highest BCUT2D eigenvalue weighted by atomic mass is 35.5. The van der Waals surface area contributed by atoms with Gasteiger partial charge in [-0.3, -0.25) is 9.36 Å². The maximum atomic E-state index is 13.8. The van der Waals surface area contributed by atoms with Crippen molar-refractivity contribution < 1.29 is 9.18 Å². The molecule has 1 aromatic heterocycles. The molecule has 0 bridgehead atoms. The van der Waals surface area contributed by atoms with Gasteiger partial charge >= 0.3 is 0 Å². The van der Waals surface area contributed by atoms with Gasteiger partial charge in [-0.2, -0.15) is 0 Å². The summed E-state index contributed by atoms with van der Waals surface area (Å²) >= 11 is 7.33. The van der Waals surface area contributed by atoms with E-state index in [1.807, 2.05) is 47.0 Å². The minimum Gasteiger partial charge on any atom is -0.351 e. The SMILES string of the molecule is O=C(CSc1nnc(Cc2ccccc2)n1-c1ccc(Cl)cc1)NCc1ccccc1F. The first-order chi connectivity index (χ1) is 15.6. The fraction of sp³-hybridized carbons (Fsp3) is 0.125. The Morgan fingerprint density at radius 2 is 1.69 bits per heavy atom. The van der Waals surface area contributed by atoms with E-state index in [0.29, 0.717) is 22.2 Å². The number of aromatic nitrogens is 3. The van der Waals surface area contributed by atoms with Crippen LogP contribution < -0.4 is 5.32 Å². The van der Waals surface area contributed by atoms with Gasteiger partial charge in [-0.15, -0.1) is 10.2 Å². The monoisotopic (exact) mass is 466 g/mol. The Bertz CT molecular complexity index is 1200. The van der Waals surface area contributed by atoms with Crippen molar-refractivity contribution in [3.05, 3.63) is 107 Å². The number of halogens is 2. The van der Waals surface area contributed by atoms with Gasteiger partial charge in [-0.1, -0.05) is 71.9 Å². The predicted molar refractivity (Wildman–Crippen MR) is 125 cm³/mol. The Kier molecular flexibility index (Phi) is 7.19. The van der Waals surface area contributed by atoms with Crippen LogP contribution in [0.25, 0.3) is 5.69 Å². The van der Waals surface area contributed by atoms with Crippen LogP contribution in [0.1, 0.15) is 17.0 Å². The smallest absolute Gasteiger partial charge is 0.230 e. The van der Waals surface area contributed by atoms with Crippen molar-refractivity contribution >= 4 is 29.3 Å². The third-order valence-corrected chi connectivity index (χ3v) is 5.94. The van der Waals surface area contributed by atoms with E-state index in [-0.39, 0.29) is 24.0 Å². The lowest BCUT2D eigenvalue weighted by Crippen LogP contribution is -2.25. The Hall–Kier alpha value is -3.16. The summed E-state index contributed by atoms with van der Waals surface area (Å²) in [7, 11) is 0. The summed E-state index contributed by atoms with van der Waals surface area (Å²) in [5, 5.41) is 12.7. The average Bonchev–Trinajstić information content (AvgIpc) is 3.20. The van der Waals surface area contributed by atoms with Crippen LogP contribution in [0.15, 0.2) is 84.0 Å². The molecule has 0 fully saturated rings. The minimum atomic E-state index is -0.339. The van der Waals surface area contributed by atoms with Gasteiger partial charge in [0, 0.05) is 29.2 Å². The zero-order valence-corrected chi connectivity index (χ0v) is 18.6. The molecule has 162 valence electrons. The topological polar surface area (TPSA) is 59.8 Å².